The summed E-state index contributed by atoms with van der Waals surface area (Å²) < 4.78 is 0. The summed E-state index contributed by atoms with van der Waals surface area (Å²) in [5.41, 5.74) is 8.38. The van der Waals surface area contributed by atoms with Crippen molar-refractivity contribution in [3.05, 3.63) is 29.8 Å². The van der Waals surface area contributed by atoms with Crippen LogP contribution in [0.3, 0.4) is 0 Å². The summed E-state index contributed by atoms with van der Waals surface area (Å²) in [7, 11) is 0. The fraction of sp³-hybridized carbons (Fsp3) is 0. The molecule has 0 aromatic heterocycles. The molecule has 0 atom stereocenters. The smallest absolute Gasteiger partial charge is 0.139 e. The fourth-order valence-electron chi connectivity index (χ4n) is 0.549. The second-order valence-corrected chi connectivity index (χ2v) is 1.59. The van der Waals surface area contributed by atoms with Gasteiger partial charge >= 0.3 is 0 Å². The number of para-hydroxylation sites is 1. The lowest BCUT2D eigenvalue weighted by atomic mass is 10.3. The van der Waals surface area contributed by atoms with E-state index in [1.54, 1.807) is 12.1 Å². The molecule has 0 radical (unpaired) electrons. The first-order valence-electron chi connectivity index (χ1n) is 2.47. The van der Waals surface area contributed by atoms with Crippen molar-refractivity contribution in [3.8, 4) is 5.75 Å². The molecular weight excluding hydrogens is 116 g/mol. The maximum Gasteiger partial charge on any atom is 0.139 e. The molecule has 0 unspecified atom stereocenters. The minimum absolute atomic E-state index is 0.0139. The molecule has 0 amide bonds. The molecule has 0 aliphatic rings. The van der Waals surface area contributed by atoms with Gasteiger partial charge in [0.15, 0.2) is 0 Å². The summed E-state index contributed by atoms with van der Waals surface area (Å²) in [5.74, 6) is -0.0139. The topological polar surface area (TPSA) is 54.9 Å². The van der Waals surface area contributed by atoms with E-state index in [4.69, 9.17) is 10.6 Å². The van der Waals surface area contributed by atoms with E-state index in [-0.39, 0.29) is 11.4 Å². The highest BCUT2D eigenvalue weighted by Gasteiger charge is 1.89. The summed E-state index contributed by atoms with van der Waals surface area (Å²) in [6, 6.07) is 6.29. The number of hydrogen-bond acceptors (Lipinski definition) is 2. The summed E-state index contributed by atoms with van der Waals surface area (Å²) in [6.07, 6.45) is 0. The Labute approximate surface area is 52.5 Å². The van der Waals surface area contributed by atoms with Crippen LogP contribution in [0.4, 0.5) is 5.69 Å². The first-order chi connectivity index (χ1) is 4.34. The van der Waals surface area contributed by atoms with E-state index in [1.807, 2.05) is 0 Å². The zero-order valence-electron chi connectivity index (χ0n) is 4.65. The molecule has 1 aromatic rings. The monoisotopic (exact) mass is 121 g/mol. The molecule has 9 heavy (non-hydrogen) atoms. The normalized spacial score (nSPS) is 8.89. The molecule has 0 saturated carbocycles. The zero-order valence-corrected chi connectivity index (χ0v) is 4.65. The van der Waals surface area contributed by atoms with E-state index >= 15 is 0 Å². The Morgan fingerprint density at radius 2 is 2.00 bits per heavy atom. The average molecular weight is 121 g/mol. The van der Waals surface area contributed by atoms with E-state index in [0.29, 0.717) is 0 Å². The van der Waals surface area contributed by atoms with Gasteiger partial charge < -0.3 is 15.8 Å². The van der Waals surface area contributed by atoms with Crippen molar-refractivity contribution in [2.75, 3.05) is 0 Å². The van der Waals surface area contributed by atoms with Crippen LogP contribution in [0.5, 0.6) is 5.75 Å². The molecule has 0 fully saturated rings. The highest BCUT2D eigenvalue weighted by atomic mass is 16.3. The lowest BCUT2D eigenvalue weighted by molar-refractivity contribution is 0.477. The van der Waals surface area contributed by atoms with Crippen LogP contribution < -0.4 is 0 Å². The molecule has 46 valence electrons. The third-order valence-electron chi connectivity index (χ3n) is 0.989. The Bertz CT molecular complexity index is 222. The molecular formula is C6H5N2O-. The lowest BCUT2D eigenvalue weighted by Crippen LogP contribution is -1.62. The Kier molecular flexibility index (Phi) is 1.44. The van der Waals surface area contributed by atoms with Crippen molar-refractivity contribution < 1.29 is 5.11 Å². The van der Waals surface area contributed by atoms with Gasteiger partial charge in [0.05, 0.1) is 5.69 Å². The van der Waals surface area contributed by atoms with Gasteiger partial charge in [-0.1, -0.05) is 12.1 Å². The van der Waals surface area contributed by atoms with Crippen molar-refractivity contribution in [2.24, 2.45) is 5.11 Å². The number of hydrogen-bond donors (Lipinski definition) is 1. The van der Waals surface area contributed by atoms with Gasteiger partial charge in [-0.2, -0.15) is 0 Å². The maximum atomic E-state index is 8.86. The quantitative estimate of drug-likeness (QED) is 0.568. The predicted molar refractivity (Wildman–Crippen MR) is 33.6 cm³/mol. The van der Waals surface area contributed by atoms with Crippen LogP contribution in [-0.4, -0.2) is 5.11 Å². The SMILES string of the molecule is [N-]=Nc1ccccc1O. The van der Waals surface area contributed by atoms with Crippen molar-refractivity contribution in [1.82, 2.24) is 0 Å². The minimum atomic E-state index is -0.0139. The second-order valence-electron chi connectivity index (χ2n) is 1.59. The number of phenols is 1. The lowest BCUT2D eigenvalue weighted by Gasteiger charge is -1.97. The van der Waals surface area contributed by atoms with E-state index in [2.05, 4.69) is 5.11 Å². The van der Waals surface area contributed by atoms with Crippen molar-refractivity contribution in [2.45, 2.75) is 0 Å². The number of rotatable bonds is 1. The van der Waals surface area contributed by atoms with Crippen molar-refractivity contribution in [3.63, 3.8) is 0 Å². The Balaban J connectivity index is 3.15. The number of phenolic OH excluding ortho intramolecular Hbond substituents is 1. The number of nitrogens with zero attached hydrogens (tertiary/aromatic N) is 2. The van der Waals surface area contributed by atoms with Gasteiger partial charge in [0, 0.05) is 0 Å². The molecule has 1 N–H and O–H groups in total. The van der Waals surface area contributed by atoms with Gasteiger partial charge in [0.1, 0.15) is 5.75 Å². The minimum Gasteiger partial charge on any atom is -0.706 e. The Hall–Kier alpha value is -1.38. The van der Waals surface area contributed by atoms with E-state index in [0.717, 1.165) is 0 Å². The van der Waals surface area contributed by atoms with Gasteiger partial charge in [0.2, 0.25) is 0 Å². The van der Waals surface area contributed by atoms with Crippen LogP contribution in [0.2, 0.25) is 0 Å². The molecule has 0 aliphatic carbocycles. The first-order valence-corrected chi connectivity index (χ1v) is 2.47. The van der Waals surface area contributed by atoms with Gasteiger partial charge in [-0.15, -0.1) is 0 Å². The standard InChI is InChI=1S/C6H5N2O/c7-8-5-3-1-2-4-6(5)9/h1-4,9H/q-1. The van der Waals surface area contributed by atoms with Crippen LogP contribution in [-0.2, 0) is 0 Å². The largest absolute Gasteiger partial charge is 0.706 e. The molecule has 3 nitrogen and oxygen atoms in total. The molecule has 0 heterocycles. The van der Waals surface area contributed by atoms with E-state index in [9.17, 15) is 0 Å². The highest BCUT2D eigenvalue weighted by molar-refractivity contribution is 5.49. The van der Waals surface area contributed by atoms with Gasteiger partial charge in [0.25, 0.3) is 0 Å². The van der Waals surface area contributed by atoms with E-state index in [1.165, 1.54) is 12.1 Å². The maximum absolute atomic E-state index is 8.86. The summed E-state index contributed by atoms with van der Waals surface area (Å²) >= 11 is 0. The van der Waals surface area contributed by atoms with Crippen LogP contribution in [0.25, 0.3) is 5.53 Å². The Morgan fingerprint density at radius 3 is 2.44 bits per heavy atom. The molecule has 0 aliphatic heterocycles. The third kappa shape index (κ3) is 1.05. The van der Waals surface area contributed by atoms with Gasteiger partial charge in [-0.3, -0.25) is 0 Å². The molecule has 0 saturated heterocycles. The number of aromatic hydroxyl groups is 1. The Morgan fingerprint density at radius 1 is 1.33 bits per heavy atom. The summed E-state index contributed by atoms with van der Waals surface area (Å²) in [6.45, 7) is 0. The average Bonchev–Trinajstić information content (AvgIpc) is 1.89. The van der Waals surface area contributed by atoms with Crippen LogP contribution in [0.1, 0.15) is 0 Å². The number of benzene rings is 1. The van der Waals surface area contributed by atoms with E-state index < -0.39 is 0 Å². The fourth-order valence-corrected chi connectivity index (χ4v) is 0.549. The van der Waals surface area contributed by atoms with Crippen molar-refractivity contribution in [1.29, 1.82) is 0 Å². The van der Waals surface area contributed by atoms with Crippen LogP contribution in [0, 0.1) is 0 Å². The zero-order chi connectivity index (χ0) is 6.69. The van der Waals surface area contributed by atoms with Crippen LogP contribution >= 0.6 is 0 Å². The molecule has 3 heteroatoms. The third-order valence-corrected chi connectivity index (χ3v) is 0.989. The molecule has 0 bridgehead atoms. The molecule has 1 aromatic carbocycles. The molecule has 1 rings (SSSR count). The van der Waals surface area contributed by atoms with Gasteiger partial charge in [-0.05, 0) is 12.1 Å². The summed E-state index contributed by atoms with van der Waals surface area (Å²) in [5, 5.41) is 11.7. The molecule has 0 spiro atoms. The van der Waals surface area contributed by atoms with Gasteiger partial charge in [-0.25, -0.2) is 0 Å². The predicted octanol–water partition coefficient (Wildman–Crippen LogP) is 2.05. The summed E-state index contributed by atoms with van der Waals surface area (Å²) in [4.78, 5) is 0. The first kappa shape index (κ1) is 5.75. The highest BCUT2D eigenvalue weighted by Crippen LogP contribution is 2.23. The van der Waals surface area contributed by atoms with Crippen molar-refractivity contribution >= 4 is 5.69 Å². The second kappa shape index (κ2) is 2.26. The van der Waals surface area contributed by atoms with Crippen LogP contribution in [0.15, 0.2) is 29.4 Å².